The summed E-state index contributed by atoms with van der Waals surface area (Å²) in [6, 6.07) is 64.5. The first-order valence-electron chi connectivity index (χ1n) is 18.7. The first-order chi connectivity index (χ1) is 27.7. The van der Waals surface area contributed by atoms with Crippen LogP contribution in [0.1, 0.15) is 0 Å². The molecule has 0 unspecified atom stereocenters. The molecule has 0 saturated heterocycles. The van der Waals surface area contributed by atoms with Crippen LogP contribution in [0.25, 0.3) is 111 Å². The minimum atomic E-state index is 0.575. The molecule has 0 fully saturated rings. The Morgan fingerprint density at radius 2 is 0.696 bits per heavy atom. The lowest BCUT2D eigenvalue weighted by Gasteiger charge is -2.10. The zero-order chi connectivity index (χ0) is 37.0. The molecule has 0 aliphatic carbocycles. The minimum Gasteiger partial charge on any atom is -0.456 e. The average molecular weight is 718 g/mol. The van der Waals surface area contributed by atoms with E-state index in [4.69, 9.17) is 23.8 Å². The minimum absolute atomic E-state index is 0.575. The number of nitrogens with zero attached hydrogens (tertiary/aromatic N) is 3. The highest BCUT2D eigenvalue weighted by atomic mass is 16.3. The molecule has 11 aromatic rings. The molecule has 5 nitrogen and oxygen atoms in total. The van der Waals surface area contributed by atoms with E-state index < -0.39 is 0 Å². The van der Waals surface area contributed by atoms with Crippen molar-refractivity contribution in [1.82, 2.24) is 15.0 Å². The first-order valence-corrected chi connectivity index (χ1v) is 18.7. The molecule has 0 N–H and O–H groups in total. The van der Waals surface area contributed by atoms with Gasteiger partial charge in [-0.15, -0.1) is 0 Å². The Kier molecular flexibility index (Phi) is 7.42. The van der Waals surface area contributed by atoms with Gasteiger partial charge in [-0.25, -0.2) is 15.0 Å². The second-order valence-corrected chi connectivity index (χ2v) is 14.0. The van der Waals surface area contributed by atoms with E-state index in [9.17, 15) is 0 Å². The molecule has 3 aromatic heterocycles. The molecule has 3 heterocycles. The topological polar surface area (TPSA) is 65.0 Å². The molecule has 0 aliphatic rings. The summed E-state index contributed by atoms with van der Waals surface area (Å²) < 4.78 is 12.8. The summed E-state index contributed by atoms with van der Waals surface area (Å²) in [7, 11) is 0. The van der Waals surface area contributed by atoms with Crippen LogP contribution in [-0.4, -0.2) is 15.0 Å². The van der Waals surface area contributed by atoms with E-state index in [1.54, 1.807) is 0 Å². The van der Waals surface area contributed by atoms with E-state index in [0.29, 0.717) is 17.5 Å². The van der Waals surface area contributed by atoms with Gasteiger partial charge in [0.2, 0.25) is 0 Å². The first kappa shape index (κ1) is 31.9. The summed E-state index contributed by atoms with van der Waals surface area (Å²) in [5, 5.41) is 4.27. The van der Waals surface area contributed by atoms with Crippen LogP contribution in [-0.2, 0) is 0 Å². The monoisotopic (exact) mass is 717 g/mol. The largest absolute Gasteiger partial charge is 0.456 e. The highest BCUT2D eigenvalue weighted by Gasteiger charge is 2.19. The predicted octanol–water partition coefficient (Wildman–Crippen LogP) is 13.7. The van der Waals surface area contributed by atoms with Gasteiger partial charge in [0.1, 0.15) is 22.3 Å². The van der Waals surface area contributed by atoms with Crippen LogP contribution in [0.5, 0.6) is 0 Å². The van der Waals surface area contributed by atoms with Crippen LogP contribution in [0.4, 0.5) is 0 Å². The Balaban J connectivity index is 1.01. The highest BCUT2D eigenvalue weighted by molar-refractivity contribution is 6.19. The predicted molar refractivity (Wildman–Crippen MR) is 227 cm³/mol. The maximum atomic E-state index is 6.58. The van der Waals surface area contributed by atoms with Gasteiger partial charge in [0, 0.05) is 38.2 Å². The third-order valence-electron chi connectivity index (χ3n) is 10.6. The third kappa shape index (κ3) is 5.45. The summed E-state index contributed by atoms with van der Waals surface area (Å²) in [4.78, 5) is 15.1. The fourth-order valence-corrected chi connectivity index (χ4v) is 7.86. The molecule has 5 heteroatoms. The summed E-state index contributed by atoms with van der Waals surface area (Å²) in [6.07, 6.45) is 0. The van der Waals surface area contributed by atoms with E-state index in [1.165, 1.54) is 11.1 Å². The maximum Gasteiger partial charge on any atom is 0.164 e. The van der Waals surface area contributed by atoms with Gasteiger partial charge in [-0.05, 0) is 69.8 Å². The lowest BCUT2D eigenvalue weighted by molar-refractivity contribution is 0.668. The number of fused-ring (bicyclic) bond motifs is 6. The fraction of sp³-hybridized carbons (Fsp3) is 0. The molecule has 0 aliphatic heterocycles. The van der Waals surface area contributed by atoms with Crippen LogP contribution < -0.4 is 0 Å². The van der Waals surface area contributed by atoms with Crippen molar-refractivity contribution >= 4 is 43.9 Å². The van der Waals surface area contributed by atoms with Crippen LogP contribution in [0.15, 0.2) is 197 Å². The molecule has 8 aromatic carbocycles. The lowest BCUT2D eigenvalue weighted by atomic mass is 9.95. The molecule has 0 amide bonds. The Morgan fingerprint density at radius 1 is 0.268 bits per heavy atom. The quantitative estimate of drug-likeness (QED) is 0.171. The van der Waals surface area contributed by atoms with Crippen molar-refractivity contribution in [2.24, 2.45) is 0 Å². The molecule has 262 valence electrons. The standard InChI is InChI=1S/C51H31N3O2/c1-3-12-32(13-4-1)36-16-9-17-37(30-36)33-24-26-35(27-25-33)50-52-49(34-14-5-2-6-15-34)53-51(54-50)38-28-29-42-46(31-38)56-45-23-11-20-40(48(42)45)39-19-10-22-44-47(39)41-18-7-8-21-43(41)55-44/h1-31H. The Hall–Kier alpha value is -7.63. The van der Waals surface area contributed by atoms with Crippen LogP contribution >= 0.6 is 0 Å². The normalized spacial score (nSPS) is 11.6. The van der Waals surface area contributed by atoms with Crippen molar-refractivity contribution < 1.29 is 8.83 Å². The van der Waals surface area contributed by atoms with E-state index >= 15 is 0 Å². The number of benzene rings is 8. The zero-order valence-corrected chi connectivity index (χ0v) is 30.1. The summed E-state index contributed by atoms with van der Waals surface area (Å²) in [6.45, 7) is 0. The third-order valence-corrected chi connectivity index (χ3v) is 10.6. The Labute approximate surface area is 322 Å². The van der Waals surface area contributed by atoms with Gasteiger partial charge in [0.05, 0.1) is 0 Å². The number of para-hydroxylation sites is 1. The number of furan rings is 2. The Bertz CT molecular complexity index is 3240. The molecule has 0 atom stereocenters. The second-order valence-electron chi connectivity index (χ2n) is 14.0. The number of hydrogen-bond donors (Lipinski definition) is 0. The second kappa shape index (κ2) is 13.0. The van der Waals surface area contributed by atoms with Crippen LogP contribution in [0, 0.1) is 0 Å². The molecular weight excluding hydrogens is 687 g/mol. The van der Waals surface area contributed by atoms with Crippen LogP contribution in [0.2, 0.25) is 0 Å². The Morgan fingerprint density at radius 3 is 1.36 bits per heavy atom. The van der Waals surface area contributed by atoms with Gasteiger partial charge in [-0.2, -0.15) is 0 Å². The van der Waals surface area contributed by atoms with Crippen molar-refractivity contribution in [2.45, 2.75) is 0 Å². The number of rotatable bonds is 6. The molecule has 0 saturated carbocycles. The zero-order valence-electron chi connectivity index (χ0n) is 30.1. The highest BCUT2D eigenvalue weighted by Crippen LogP contribution is 2.43. The van der Waals surface area contributed by atoms with Gasteiger partial charge >= 0.3 is 0 Å². The molecule has 11 rings (SSSR count). The van der Waals surface area contributed by atoms with Crippen LogP contribution in [0.3, 0.4) is 0 Å². The molecule has 0 spiro atoms. The molecule has 0 radical (unpaired) electrons. The SMILES string of the molecule is c1ccc(-c2cccc(-c3ccc(-c4nc(-c5ccccc5)nc(-c5ccc6c(c5)oc5cccc(-c7cccc8oc9ccccc9c78)c56)n4)cc3)c2)cc1. The summed E-state index contributed by atoms with van der Waals surface area (Å²) >= 11 is 0. The summed E-state index contributed by atoms with van der Waals surface area (Å²) in [5.41, 5.74) is 12.8. The van der Waals surface area contributed by atoms with Crippen molar-refractivity contribution in [3.63, 3.8) is 0 Å². The van der Waals surface area contributed by atoms with Crippen molar-refractivity contribution in [1.29, 1.82) is 0 Å². The lowest BCUT2D eigenvalue weighted by Crippen LogP contribution is -2.00. The maximum absolute atomic E-state index is 6.58. The van der Waals surface area contributed by atoms with Crippen molar-refractivity contribution in [2.75, 3.05) is 0 Å². The summed E-state index contributed by atoms with van der Waals surface area (Å²) in [5.74, 6) is 1.79. The van der Waals surface area contributed by atoms with Gasteiger partial charge in [0.15, 0.2) is 17.5 Å². The fourth-order valence-electron chi connectivity index (χ4n) is 7.86. The molecule has 0 bridgehead atoms. The smallest absolute Gasteiger partial charge is 0.164 e. The van der Waals surface area contributed by atoms with E-state index in [1.807, 2.05) is 66.7 Å². The van der Waals surface area contributed by atoms with Gasteiger partial charge in [0.25, 0.3) is 0 Å². The van der Waals surface area contributed by atoms with Gasteiger partial charge < -0.3 is 8.83 Å². The van der Waals surface area contributed by atoms with Crippen molar-refractivity contribution in [3.05, 3.63) is 188 Å². The van der Waals surface area contributed by atoms with Gasteiger partial charge in [-0.3, -0.25) is 0 Å². The average Bonchev–Trinajstić information content (AvgIpc) is 3.85. The van der Waals surface area contributed by atoms with E-state index in [-0.39, 0.29) is 0 Å². The molecular formula is C51H31N3O2. The van der Waals surface area contributed by atoms with Crippen molar-refractivity contribution in [3.8, 4) is 67.5 Å². The van der Waals surface area contributed by atoms with E-state index in [0.717, 1.165) is 82.8 Å². The number of aromatic nitrogens is 3. The van der Waals surface area contributed by atoms with Gasteiger partial charge in [-0.1, -0.05) is 152 Å². The number of hydrogen-bond acceptors (Lipinski definition) is 5. The molecule has 56 heavy (non-hydrogen) atoms. The van der Waals surface area contributed by atoms with E-state index in [2.05, 4.69) is 121 Å².